The zero-order chi connectivity index (χ0) is 15.0. The number of fused-ring (bicyclic) bond motifs is 1. The quantitative estimate of drug-likeness (QED) is 0.654. The zero-order valence-corrected chi connectivity index (χ0v) is 13.3. The molecule has 0 saturated heterocycles. The van der Waals surface area contributed by atoms with Crippen LogP contribution in [0.5, 0.6) is 0 Å². The summed E-state index contributed by atoms with van der Waals surface area (Å²) in [5, 5.41) is 0. The minimum atomic E-state index is -0.0563. The molecular weight excluding hydrogens is 252 g/mol. The first kappa shape index (κ1) is 13.9. The summed E-state index contributed by atoms with van der Waals surface area (Å²) in [6.45, 7) is 8.96. The van der Waals surface area contributed by atoms with Gasteiger partial charge in [-0.05, 0) is 55.5 Å². The van der Waals surface area contributed by atoms with Crippen LogP contribution in [-0.4, -0.2) is 0 Å². The van der Waals surface area contributed by atoms with Gasteiger partial charge >= 0.3 is 0 Å². The molecule has 1 unspecified atom stereocenters. The lowest BCUT2D eigenvalue weighted by Crippen LogP contribution is -2.23. The minimum absolute atomic E-state index is 0.0563. The lowest BCUT2D eigenvalue weighted by molar-refractivity contribution is 0.706. The van der Waals surface area contributed by atoms with Gasteiger partial charge in [0.1, 0.15) is 0 Å². The van der Waals surface area contributed by atoms with Crippen LogP contribution in [0.2, 0.25) is 0 Å². The van der Waals surface area contributed by atoms with Crippen molar-refractivity contribution < 1.29 is 0 Å². The summed E-state index contributed by atoms with van der Waals surface area (Å²) in [6.07, 6.45) is 2.35. The molecule has 0 nitrogen and oxygen atoms in total. The molecular formula is C21H22. The Balaban J connectivity index is 2.33. The van der Waals surface area contributed by atoms with E-state index in [9.17, 15) is 0 Å². The van der Waals surface area contributed by atoms with E-state index in [4.69, 9.17) is 0 Å². The Morgan fingerprint density at radius 3 is 2.19 bits per heavy atom. The molecule has 0 heteroatoms. The summed E-state index contributed by atoms with van der Waals surface area (Å²) < 4.78 is 0. The normalized spacial score (nSPS) is 20.4. The summed E-state index contributed by atoms with van der Waals surface area (Å²) in [4.78, 5) is 0. The van der Waals surface area contributed by atoms with Crippen LogP contribution in [0, 0.1) is 0 Å². The summed E-state index contributed by atoms with van der Waals surface area (Å²) in [5.74, 6) is 0. The smallest absolute Gasteiger partial charge is 0.0432 e. The Hall–Kier alpha value is -2.08. The predicted octanol–water partition coefficient (Wildman–Crippen LogP) is 5.75. The zero-order valence-electron chi connectivity index (χ0n) is 13.3. The van der Waals surface area contributed by atoms with E-state index in [2.05, 4.69) is 88.4 Å². The van der Waals surface area contributed by atoms with Gasteiger partial charge in [0.15, 0.2) is 0 Å². The highest BCUT2D eigenvalue weighted by Crippen LogP contribution is 2.50. The number of benzene rings is 2. The van der Waals surface area contributed by atoms with E-state index >= 15 is 0 Å². The molecule has 21 heavy (non-hydrogen) atoms. The van der Waals surface area contributed by atoms with Gasteiger partial charge in [0.25, 0.3) is 0 Å². The summed E-state index contributed by atoms with van der Waals surface area (Å²) in [7, 11) is 0. The average molecular weight is 274 g/mol. The second-order valence-electron chi connectivity index (χ2n) is 6.30. The van der Waals surface area contributed by atoms with E-state index in [-0.39, 0.29) is 5.41 Å². The van der Waals surface area contributed by atoms with Crippen LogP contribution in [0.1, 0.15) is 44.4 Å². The van der Waals surface area contributed by atoms with E-state index in [0.717, 1.165) is 0 Å². The fourth-order valence-electron chi connectivity index (χ4n) is 3.54. The number of hydrogen-bond acceptors (Lipinski definition) is 0. The Bertz CT molecular complexity index is 728. The Kier molecular flexibility index (Phi) is 3.33. The average Bonchev–Trinajstić information content (AvgIpc) is 2.71. The third kappa shape index (κ3) is 2.06. The van der Waals surface area contributed by atoms with Gasteiger partial charge in [0, 0.05) is 5.41 Å². The molecule has 106 valence electrons. The molecule has 0 amide bonds. The number of rotatable bonds is 2. The van der Waals surface area contributed by atoms with Gasteiger partial charge in [0.05, 0.1) is 0 Å². The van der Waals surface area contributed by atoms with E-state index in [1.54, 1.807) is 0 Å². The maximum atomic E-state index is 2.35. The Morgan fingerprint density at radius 2 is 1.52 bits per heavy atom. The molecule has 0 saturated carbocycles. The lowest BCUT2D eigenvalue weighted by atomic mass is 9.73. The van der Waals surface area contributed by atoms with Crippen molar-refractivity contribution in [2.24, 2.45) is 0 Å². The number of allylic oxidation sites excluding steroid dienone is 4. The van der Waals surface area contributed by atoms with Crippen LogP contribution >= 0.6 is 0 Å². The van der Waals surface area contributed by atoms with Gasteiger partial charge in [-0.15, -0.1) is 0 Å². The summed E-state index contributed by atoms with van der Waals surface area (Å²) in [5.41, 5.74) is 8.28. The molecule has 0 heterocycles. The fourth-order valence-corrected chi connectivity index (χ4v) is 3.54. The third-order valence-electron chi connectivity index (χ3n) is 4.60. The molecule has 1 aliphatic rings. The summed E-state index contributed by atoms with van der Waals surface area (Å²) >= 11 is 0. The molecule has 0 radical (unpaired) electrons. The molecule has 1 aliphatic carbocycles. The van der Waals surface area contributed by atoms with Gasteiger partial charge in [0.2, 0.25) is 0 Å². The van der Waals surface area contributed by atoms with Crippen LogP contribution in [0.25, 0.3) is 5.57 Å². The van der Waals surface area contributed by atoms with E-state index < -0.39 is 0 Å². The van der Waals surface area contributed by atoms with Crippen LogP contribution in [0.4, 0.5) is 0 Å². The van der Waals surface area contributed by atoms with Crippen molar-refractivity contribution in [3.8, 4) is 0 Å². The highest BCUT2D eigenvalue weighted by molar-refractivity contribution is 5.83. The summed E-state index contributed by atoms with van der Waals surface area (Å²) in [6, 6.07) is 19.7. The molecule has 0 spiro atoms. The highest BCUT2D eigenvalue weighted by Gasteiger charge is 2.39. The van der Waals surface area contributed by atoms with Crippen LogP contribution < -0.4 is 0 Å². The van der Waals surface area contributed by atoms with Crippen molar-refractivity contribution in [2.45, 2.75) is 33.1 Å². The van der Waals surface area contributed by atoms with Crippen molar-refractivity contribution in [2.75, 3.05) is 0 Å². The van der Waals surface area contributed by atoms with Crippen molar-refractivity contribution in [3.05, 3.63) is 88.5 Å². The first-order valence-electron chi connectivity index (χ1n) is 7.57. The van der Waals surface area contributed by atoms with Gasteiger partial charge in [-0.1, -0.05) is 66.2 Å². The topological polar surface area (TPSA) is 0 Å². The van der Waals surface area contributed by atoms with Crippen LogP contribution in [0.15, 0.2) is 71.8 Å². The molecule has 2 aromatic carbocycles. The first-order chi connectivity index (χ1) is 10.0. The molecule has 3 rings (SSSR count). The van der Waals surface area contributed by atoms with Gasteiger partial charge < -0.3 is 0 Å². The SMILES string of the molecule is CC(C)=CC1=C(C)c2ccccc2C1(C)c1ccccc1. The second-order valence-corrected chi connectivity index (χ2v) is 6.30. The second kappa shape index (κ2) is 5.04. The predicted molar refractivity (Wildman–Crippen MR) is 91.4 cm³/mol. The van der Waals surface area contributed by atoms with Crippen molar-refractivity contribution in [3.63, 3.8) is 0 Å². The minimum Gasteiger partial charge on any atom is -0.0761 e. The molecule has 0 aromatic heterocycles. The maximum absolute atomic E-state index is 2.35. The van der Waals surface area contributed by atoms with Crippen molar-refractivity contribution >= 4 is 5.57 Å². The van der Waals surface area contributed by atoms with Gasteiger partial charge in [-0.3, -0.25) is 0 Å². The van der Waals surface area contributed by atoms with E-state index in [1.165, 1.54) is 33.4 Å². The van der Waals surface area contributed by atoms with Gasteiger partial charge in [-0.2, -0.15) is 0 Å². The maximum Gasteiger partial charge on any atom is 0.0432 e. The van der Waals surface area contributed by atoms with Crippen LogP contribution in [0.3, 0.4) is 0 Å². The Morgan fingerprint density at radius 1 is 0.905 bits per heavy atom. The monoisotopic (exact) mass is 274 g/mol. The molecule has 2 aromatic rings. The largest absolute Gasteiger partial charge is 0.0761 e. The van der Waals surface area contributed by atoms with Crippen LogP contribution in [-0.2, 0) is 5.41 Å². The van der Waals surface area contributed by atoms with E-state index in [1.807, 2.05) is 0 Å². The number of hydrogen-bond donors (Lipinski definition) is 0. The first-order valence-corrected chi connectivity index (χ1v) is 7.57. The molecule has 1 atom stereocenters. The molecule has 0 fully saturated rings. The van der Waals surface area contributed by atoms with E-state index in [0.29, 0.717) is 0 Å². The fraction of sp³-hybridized carbons (Fsp3) is 0.238. The van der Waals surface area contributed by atoms with Crippen molar-refractivity contribution in [1.82, 2.24) is 0 Å². The molecule has 0 aliphatic heterocycles. The third-order valence-corrected chi connectivity index (χ3v) is 4.60. The molecule has 0 N–H and O–H groups in total. The lowest BCUT2D eigenvalue weighted by Gasteiger charge is -2.29. The highest BCUT2D eigenvalue weighted by atomic mass is 14.4. The van der Waals surface area contributed by atoms with Crippen molar-refractivity contribution in [1.29, 1.82) is 0 Å². The Labute approximate surface area is 127 Å². The van der Waals surface area contributed by atoms with Gasteiger partial charge in [-0.25, -0.2) is 0 Å². The standard InChI is InChI=1S/C21H22/c1-15(2)14-20-16(3)18-12-8-9-13-19(18)21(20,4)17-10-6-5-7-11-17/h5-14H,1-4H3. The molecule has 0 bridgehead atoms.